The molecule has 2 aliphatic rings. The number of thioether (sulfide) groups is 1. The maximum absolute atomic E-state index is 15.3. The molecule has 0 radical (unpaired) electrons. The van der Waals surface area contributed by atoms with Crippen LogP contribution < -0.4 is 10.2 Å². The van der Waals surface area contributed by atoms with E-state index >= 15 is 4.39 Å². The van der Waals surface area contributed by atoms with E-state index in [9.17, 15) is 14.4 Å². The van der Waals surface area contributed by atoms with Gasteiger partial charge in [-0.25, -0.2) is 9.18 Å². The summed E-state index contributed by atoms with van der Waals surface area (Å²) in [6.07, 6.45) is 3.06. The van der Waals surface area contributed by atoms with Crippen molar-refractivity contribution >= 4 is 46.8 Å². The van der Waals surface area contributed by atoms with E-state index in [-0.39, 0.29) is 36.0 Å². The minimum atomic E-state index is -0.916. The number of amides is 2. The van der Waals surface area contributed by atoms with Crippen LogP contribution in [0.2, 0.25) is 5.02 Å². The quantitative estimate of drug-likeness (QED) is 0.341. The van der Waals surface area contributed by atoms with Gasteiger partial charge in [0.2, 0.25) is 0 Å². The molecule has 0 unspecified atom stereocenters. The standard InChI is InChI=1S/C30H36ClFN2O5S/c1-30(2,3)39-29(37)33-24-18-40-27-16-23(32)22(26(35)6-4-5-19-11-13-38-14-12-19)15-25(27)34(28(24)36)17-20-7-9-21(31)10-8-20/h7-10,15-16,19,24H,4-6,11-14,17-18H2,1-3H3,(H,33,37)/t24-/m0/s1. The molecule has 1 fully saturated rings. The van der Waals surface area contributed by atoms with Gasteiger partial charge in [0.05, 0.1) is 17.8 Å². The maximum Gasteiger partial charge on any atom is 0.408 e. The summed E-state index contributed by atoms with van der Waals surface area (Å²) in [6, 6.07) is 8.95. The fraction of sp³-hybridized carbons (Fsp3) is 0.500. The first-order valence-corrected chi connectivity index (χ1v) is 15.0. The molecule has 1 saturated heterocycles. The molecule has 0 aromatic heterocycles. The Kier molecular flexibility index (Phi) is 10.1. The Bertz CT molecular complexity index is 1230. The van der Waals surface area contributed by atoms with Crippen LogP contribution in [0.15, 0.2) is 41.3 Å². The normalized spacial score (nSPS) is 18.2. The third-order valence-corrected chi connectivity index (χ3v) is 8.30. The van der Waals surface area contributed by atoms with Gasteiger partial charge in [0.1, 0.15) is 17.5 Å². The number of fused-ring (bicyclic) bond motifs is 1. The van der Waals surface area contributed by atoms with Gasteiger partial charge in [0.15, 0.2) is 5.78 Å². The average Bonchev–Trinajstić information content (AvgIpc) is 3.01. The molecule has 10 heteroatoms. The molecule has 7 nitrogen and oxygen atoms in total. The lowest BCUT2D eigenvalue weighted by Gasteiger charge is -2.27. The summed E-state index contributed by atoms with van der Waals surface area (Å²) in [4.78, 5) is 41.5. The molecule has 0 saturated carbocycles. The average molecular weight is 591 g/mol. The number of carbonyl (C=O) groups excluding carboxylic acids is 3. The Morgan fingerprint density at radius 3 is 2.55 bits per heavy atom. The Labute approximate surface area is 244 Å². The molecule has 2 heterocycles. The van der Waals surface area contributed by atoms with E-state index in [0.717, 1.165) is 38.0 Å². The molecule has 1 N–H and O–H groups in total. The summed E-state index contributed by atoms with van der Waals surface area (Å²) in [7, 11) is 0. The lowest BCUT2D eigenvalue weighted by Crippen LogP contribution is -2.50. The van der Waals surface area contributed by atoms with Crippen LogP contribution in [0.5, 0.6) is 0 Å². The van der Waals surface area contributed by atoms with Crippen LogP contribution in [0.25, 0.3) is 0 Å². The zero-order valence-corrected chi connectivity index (χ0v) is 24.7. The predicted molar refractivity (Wildman–Crippen MR) is 155 cm³/mol. The number of rotatable bonds is 8. The van der Waals surface area contributed by atoms with Crippen LogP contribution in [-0.2, 0) is 20.8 Å². The maximum atomic E-state index is 15.3. The molecule has 1 atom stereocenters. The lowest BCUT2D eigenvalue weighted by atomic mass is 9.93. The molecule has 2 amide bonds. The largest absolute Gasteiger partial charge is 0.444 e. The molecular formula is C30H36ClFN2O5S. The highest BCUT2D eigenvalue weighted by atomic mass is 35.5. The van der Waals surface area contributed by atoms with Gasteiger partial charge < -0.3 is 19.7 Å². The van der Waals surface area contributed by atoms with Gasteiger partial charge in [-0.3, -0.25) is 9.59 Å². The van der Waals surface area contributed by atoms with Gasteiger partial charge in [-0.05, 0) is 82.2 Å². The van der Waals surface area contributed by atoms with Crippen molar-refractivity contribution in [2.75, 3.05) is 23.9 Å². The van der Waals surface area contributed by atoms with Crippen LogP contribution in [0, 0.1) is 11.7 Å². The highest BCUT2D eigenvalue weighted by Crippen LogP contribution is 2.38. The van der Waals surface area contributed by atoms with E-state index in [0.29, 0.717) is 27.9 Å². The number of alkyl carbamates (subject to hydrolysis) is 1. The first kappa shape index (κ1) is 30.3. The first-order valence-electron chi connectivity index (χ1n) is 13.6. The van der Waals surface area contributed by atoms with Crippen LogP contribution in [0.3, 0.4) is 0 Å². The fourth-order valence-electron chi connectivity index (χ4n) is 4.84. The molecule has 40 heavy (non-hydrogen) atoms. The Morgan fingerprint density at radius 2 is 1.88 bits per heavy atom. The van der Waals surface area contributed by atoms with Crippen molar-refractivity contribution in [1.29, 1.82) is 0 Å². The van der Waals surface area contributed by atoms with Crippen LogP contribution in [0.1, 0.15) is 68.8 Å². The van der Waals surface area contributed by atoms with Crippen LogP contribution in [0.4, 0.5) is 14.9 Å². The van der Waals surface area contributed by atoms with E-state index in [2.05, 4.69) is 5.32 Å². The molecule has 216 valence electrons. The van der Waals surface area contributed by atoms with E-state index in [1.807, 2.05) is 0 Å². The van der Waals surface area contributed by atoms with E-state index in [4.69, 9.17) is 21.1 Å². The molecule has 0 bridgehead atoms. The van der Waals surface area contributed by atoms with E-state index in [1.54, 1.807) is 45.0 Å². The minimum absolute atomic E-state index is 0.0289. The minimum Gasteiger partial charge on any atom is -0.444 e. The molecule has 0 aliphatic carbocycles. The summed E-state index contributed by atoms with van der Waals surface area (Å²) in [5.74, 6) is -0.572. The van der Waals surface area contributed by atoms with Crippen molar-refractivity contribution < 1.29 is 28.2 Å². The smallest absolute Gasteiger partial charge is 0.408 e. The summed E-state index contributed by atoms with van der Waals surface area (Å²) in [5, 5.41) is 3.23. The van der Waals surface area contributed by atoms with Crippen molar-refractivity contribution in [3.05, 3.63) is 58.4 Å². The molecule has 4 rings (SSSR count). The molecule has 2 aromatic carbocycles. The summed E-state index contributed by atoms with van der Waals surface area (Å²) in [6.45, 7) is 6.87. The number of nitrogens with zero attached hydrogens (tertiary/aromatic N) is 1. The Balaban J connectivity index is 1.58. The number of hydrogen-bond acceptors (Lipinski definition) is 6. The van der Waals surface area contributed by atoms with Crippen molar-refractivity contribution in [3.63, 3.8) is 0 Å². The SMILES string of the molecule is CC(C)(C)OC(=O)N[C@H]1CSc2cc(F)c(C(=O)CCCC3CCOCC3)cc2N(Cc2ccc(Cl)cc2)C1=O. The number of halogens is 2. The van der Waals surface area contributed by atoms with Gasteiger partial charge >= 0.3 is 6.09 Å². The van der Waals surface area contributed by atoms with Gasteiger partial charge in [-0.2, -0.15) is 0 Å². The zero-order chi connectivity index (χ0) is 28.9. The second kappa shape index (κ2) is 13.4. The third-order valence-electron chi connectivity index (χ3n) is 6.91. The van der Waals surface area contributed by atoms with Gasteiger partial charge in [-0.1, -0.05) is 23.7 Å². The van der Waals surface area contributed by atoms with Crippen molar-refractivity contribution in [2.24, 2.45) is 5.92 Å². The van der Waals surface area contributed by atoms with E-state index in [1.165, 1.54) is 28.8 Å². The third kappa shape index (κ3) is 8.21. The number of Topliss-reactive ketones (excluding diaryl/α,β-unsaturated/α-hetero) is 1. The second-order valence-electron chi connectivity index (χ2n) is 11.2. The summed E-state index contributed by atoms with van der Waals surface area (Å²) >= 11 is 7.31. The van der Waals surface area contributed by atoms with Crippen LogP contribution >= 0.6 is 23.4 Å². The fourth-order valence-corrected chi connectivity index (χ4v) is 6.05. The summed E-state index contributed by atoms with van der Waals surface area (Å²) in [5.41, 5.74) is 0.465. The monoisotopic (exact) mass is 590 g/mol. The number of ketones is 1. The summed E-state index contributed by atoms with van der Waals surface area (Å²) < 4.78 is 26.0. The topological polar surface area (TPSA) is 84.9 Å². The van der Waals surface area contributed by atoms with Gasteiger partial charge in [0, 0.05) is 35.3 Å². The first-order chi connectivity index (χ1) is 19.0. The number of benzene rings is 2. The predicted octanol–water partition coefficient (Wildman–Crippen LogP) is 6.79. The highest BCUT2D eigenvalue weighted by molar-refractivity contribution is 7.99. The zero-order valence-electron chi connectivity index (χ0n) is 23.1. The highest BCUT2D eigenvalue weighted by Gasteiger charge is 2.34. The number of carbonyl (C=O) groups is 3. The van der Waals surface area contributed by atoms with Gasteiger partial charge in [0.25, 0.3) is 5.91 Å². The second-order valence-corrected chi connectivity index (χ2v) is 12.7. The van der Waals surface area contributed by atoms with Gasteiger partial charge in [-0.15, -0.1) is 11.8 Å². The van der Waals surface area contributed by atoms with E-state index < -0.39 is 23.6 Å². The Hall–Kier alpha value is -2.62. The molecule has 0 spiro atoms. The number of anilines is 1. The lowest BCUT2D eigenvalue weighted by molar-refractivity contribution is -0.120. The number of ether oxygens (including phenoxy) is 2. The molecule has 2 aliphatic heterocycles. The van der Waals surface area contributed by atoms with Crippen molar-refractivity contribution in [1.82, 2.24) is 5.32 Å². The van der Waals surface area contributed by atoms with Crippen molar-refractivity contribution in [3.8, 4) is 0 Å². The molecular weight excluding hydrogens is 555 g/mol. The van der Waals surface area contributed by atoms with Crippen molar-refractivity contribution in [2.45, 2.75) is 76.0 Å². The number of nitrogens with one attached hydrogen (secondary N) is 1. The Morgan fingerprint density at radius 1 is 1.18 bits per heavy atom. The number of hydrogen-bond donors (Lipinski definition) is 1. The molecule has 2 aromatic rings. The van der Waals surface area contributed by atoms with Crippen LogP contribution in [-0.4, -0.2) is 48.4 Å².